The summed E-state index contributed by atoms with van der Waals surface area (Å²) in [4.78, 5) is 16.5. The van der Waals surface area contributed by atoms with E-state index in [0.29, 0.717) is 0 Å². The van der Waals surface area contributed by atoms with Crippen molar-refractivity contribution in [3.05, 3.63) is 0 Å². The van der Waals surface area contributed by atoms with Gasteiger partial charge in [0.05, 0.1) is 6.16 Å². The van der Waals surface area contributed by atoms with Crippen molar-refractivity contribution in [3.8, 4) is 0 Å². The van der Waals surface area contributed by atoms with Crippen LogP contribution in [0.3, 0.4) is 0 Å². The van der Waals surface area contributed by atoms with E-state index in [4.69, 9.17) is 21.6 Å². The largest absolute Gasteiger partial charge is 0.326 e. The number of rotatable bonds is 3. The second-order valence-electron chi connectivity index (χ2n) is 1.41. The Morgan fingerprint density at radius 3 is 2.22 bits per heavy atom. The molecule has 0 aliphatic rings. The molecule has 2 N–H and O–H groups in total. The monoisotopic (exact) mass is 237 g/mol. The van der Waals surface area contributed by atoms with E-state index in [1.165, 1.54) is 0 Å². The molecule has 0 amide bonds. The van der Waals surface area contributed by atoms with E-state index in [0.717, 1.165) is 3.45 Å². The lowest BCUT2D eigenvalue weighted by molar-refractivity contribution is 0.371. The van der Waals surface area contributed by atoms with E-state index in [-0.39, 0.29) is 12.7 Å². The van der Waals surface area contributed by atoms with Crippen LogP contribution in [0, 0.1) is 0 Å². The maximum atomic E-state index is 10.1. The van der Waals surface area contributed by atoms with Crippen LogP contribution in [0.5, 0.6) is 0 Å². The van der Waals surface area contributed by atoms with Gasteiger partial charge in [-0.15, -0.1) is 0 Å². The first-order valence-corrected chi connectivity index (χ1v) is 4.90. The summed E-state index contributed by atoms with van der Waals surface area (Å²) in [7, 11) is -3.88. The van der Waals surface area contributed by atoms with Gasteiger partial charge in [0.1, 0.15) is 0 Å². The van der Waals surface area contributed by atoms with Crippen LogP contribution < -0.4 is 0 Å². The highest BCUT2D eigenvalue weighted by Gasteiger charge is 2.12. The fourth-order valence-corrected chi connectivity index (χ4v) is 1.32. The van der Waals surface area contributed by atoms with Crippen molar-refractivity contribution in [1.29, 1.82) is 0 Å². The highest BCUT2D eigenvalue weighted by molar-refractivity contribution is 9.08. The van der Waals surface area contributed by atoms with Crippen LogP contribution in [-0.2, 0) is 4.57 Å². The molecule has 7 heteroatoms. The van der Waals surface area contributed by atoms with E-state index in [2.05, 4.69) is 16.1 Å². The fourth-order valence-electron chi connectivity index (χ4n) is 0.206. The third-order valence-corrected chi connectivity index (χ3v) is 1.87. The molecule has 0 radical (unpaired) electrons. The summed E-state index contributed by atoms with van der Waals surface area (Å²) >= 11 is 7.97. The highest BCUT2D eigenvalue weighted by atomic mass is 79.9. The summed E-state index contributed by atoms with van der Waals surface area (Å²) < 4.78 is 11.1. The van der Waals surface area contributed by atoms with Gasteiger partial charge in [0, 0.05) is 22.7 Å². The van der Waals surface area contributed by atoms with Crippen molar-refractivity contribution in [2.45, 2.75) is 0 Å². The second-order valence-corrected chi connectivity index (χ2v) is 4.86. The first-order valence-electron chi connectivity index (χ1n) is 2.05. The Morgan fingerprint density at radius 1 is 1.67 bits per heavy atom. The van der Waals surface area contributed by atoms with Gasteiger partial charge in [-0.3, -0.25) is 4.57 Å². The molecule has 0 unspecified atom stereocenters. The molecule has 4 nitrogen and oxygen atoms in total. The number of hydrogen-bond donors (Lipinski definition) is 2. The van der Waals surface area contributed by atoms with Gasteiger partial charge in [-0.1, -0.05) is 0 Å². The highest BCUT2D eigenvalue weighted by Crippen LogP contribution is 2.34. The third kappa shape index (κ3) is 8.88. The minimum atomic E-state index is -3.88. The lowest BCUT2D eigenvalue weighted by atomic mass is 10.8. The van der Waals surface area contributed by atoms with E-state index in [1.807, 2.05) is 0 Å². The Balaban J connectivity index is 3.40. The average Bonchev–Trinajstić information content (AvgIpc) is 1.59. The van der Waals surface area contributed by atoms with E-state index in [1.54, 1.807) is 0 Å². The van der Waals surface area contributed by atoms with Crippen LogP contribution in [0.2, 0.25) is 0 Å². The van der Waals surface area contributed by atoms with Crippen molar-refractivity contribution in [3.63, 3.8) is 0 Å². The molecule has 0 heterocycles. The lowest BCUT2D eigenvalue weighted by Crippen LogP contribution is -2.04. The molecular formula is C2H6BrClNO3P. The molecule has 0 saturated carbocycles. The van der Waals surface area contributed by atoms with Crippen LogP contribution in [0.4, 0.5) is 0 Å². The fraction of sp³-hybridized carbons (Fsp3) is 1.00. The third-order valence-electron chi connectivity index (χ3n) is 0.560. The molecule has 0 saturated heterocycles. The van der Waals surface area contributed by atoms with E-state index in [9.17, 15) is 4.57 Å². The van der Waals surface area contributed by atoms with Gasteiger partial charge in [0.25, 0.3) is 0 Å². The van der Waals surface area contributed by atoms with Crippen molar-refractivity contribution in [2.75, 3.05) is 12.7 Å². The molecule has 0 spiro atoms. The predicted octanol–water partition coefficient (Wildman–Crippen LogP) is 0.930. The molecule has 0 aliphatic heterocycles. The minimum absolute atomic E-state index is 0.117. The van der Waals surface area contributed by atoms with Crippen molar-refractivity contribution in [2.24, 2.45) is 0 Å². The van der Waals surface area contributed by atoms with Gasteiger partial charge in [-0.2, -0.15) is 3.45 Å². The molecule has 0 rings (SSSR count). The standard InChI is InChI=1S/C2H6BrClNO3P/c3-5(4)1-2-9(6,7)8/h1-2H2,(H2,6,7,8). The molecule has 0 fully saturated rings. The average molecular weight is 238 g/mol. The van der Waals surface area contributed by atoms with Crippen molar-refractivity contribution >= 4 is 35.5 Å². The topological polar surface area (TPSA) is 60.8 Å². The van der Waals surface area contributed by atoms with E-state index < -0.39 is 7.60 Å². The zero-order valence-electron chi connectivity index (χ0n) is 4.37. The molecule has 56 valence electrons. The second kappa shape index (κ2) is 3.91. The molecule has 0 aromatic rings. The van der Waals surface area contributed by atoms with E-state index >= 15 is 0 Å². The molecular weight excluding hydrogens is 232 g/mol. The molecule has 9 heavy (non-hydrogen) atoms. The van der Waals surface area contributed by atoms with Crippen LogP contribution in [0.1, 0.15) is 0 Å². The zero-order valence-corrected chi connectivity index (χ0v) is 7.60. The minimum Gasteiger partial charge on any atom is -0.324 e. The van der Waals surface area contributed by atoms with Crippen LogP contribution in [-0.4, -0.2) is 25.9 Å². The van der Waals surface area contributed by atoms with Crippen molar-refractivity contribution in [1.82, 2.24) is 3.45 Å². The SMILES string of the molecule is O=P(O)(O)CCN(Cl)Br. The van der Waals surface area contributed by atoms with Gasteiger partial charge < -0.3 is 9.79 Å². The number of halogens is 2. The quantitative estimate of drug-likeness (QED) is 0.567. The number of hydrogen-bond acceptors (Lipinski definition) is 2. The zero-order chi connectivity index (χ0) is 7.49. The first-order chi connectivity index (χ1) is 3.92. The van der Waals surface area contributed by atoms with Gasteiger partial charge >= 0.3 is 7.60 Å². The van der Waals surface area contributed by atoms with Gasteiger partial charge in [-0.05, 0) is 11.8 Å². The van der Waals surface area contributed by atoms with Crippen LogP contribution in [0.25, 0.3) is 0 Å². The van der Waals surface area contributed by atoms with Gasteiger partial charge in [-0.25, -0.2) is 0 Å². The lowest BCUT2D eigenvalue weighted by Gasteiger charge is -2.04. The summed E-state index contributed by atoms with van der Waals surface area (Å²) in [6.07, 6.45) is -0.234. The van der Waals surface area contributed by atoms with Crippen molar-refractivity contribution < 1.29 is 14.4 Å². The maximum Gasteiger partial charge on any atom is 0.326 e. The Labute approximate surface area is 66.4 Å². The summed E-state index contributed by atoms with van der Waals surface area (Å²) in [5.41, 5.74) is 0. The van der Waals surface area contributed by atoms with Gasteiger partial charge in [0.15, 0.2) is 0 Å². The Kier molecular flexibility index (Phi) is 4.29. The molecule has 0 aromatic carbocycles. The first kappa shape index (κ1) is 9.88. The summed E-state index contributed by atoms with van der Waals surface area (Å²) in [6, 6.07) is 0. The van der Waals surface area contributed by atoms with Crippen LogP contribution >= 0.6 is 35.5 Å². The Hall–Kier alpha value is 0.880. The summed E-state index contributed by atoms with van der Waals surface area (Å²) in [5, 5.41) is 0. The summed E-state index contributed by atoms with van der Waals surface area (Å²) in [6.45, 7) is 0.117. The summed E-state index contributed by atoms with van der Waals surface area (Å²) in [5.74, 6) is 0. The van der Waals surface area contributed by atoms with Crippen LogP contribution in [0.15, 0.2) is 0 Å². The number of nitrogens with zero attached hydrogens (tertiary/aromatic N) is 1. The maximum absolute atomic E-state index is 10.1. The Bertz CT molecular complexity index is 125. The Morgan fingerprint density at radius 2 is 2.11 bits per heavy atom. The molecule has 0 bridgehead atoms. The molecule has 0 atom stereocenters. The van der Waals surface area contributed by atoms with Gasteiger partial charge in [0.2, 0.25) is 0 Å². The molecule has 0 aliphatic carbocycles. The smallest absolute Gasteiger partial charge is 0.324 e. The normalized spacial score (nSPS) is 12.6. The molecule has 0 aromatic heterocycles. The predicted molar refractivity (Wildman–Crippen MR) is 38.4 cm³/mol.